The van der Waals surface area contributed by atoms with Crippen molar-refractivity contribution in [2.24, 2.45) is 0 Å². The molecular weight excluding hydrogens is 207 g/mol. The van der Waals surface area contributed by atoms with Gasteiger partial charge in [-0.1, -0.05) is 6.07 Å². The first-order valence-corrected chi connectivity index (χ1v) is 4.54. The lowest BCUT2D eigenvalue weighted by Crippen LogP contribution is -1.87. The van der Waals surface area contributed by atoms with Crippen molar-refractivity contribution in [3.05, 3.63) is 33.5 Å². The third-order valence-electron chi connectivity index (χ3n) is 2.17. The third-order valence-corrected chi connectivity index (χ3v) is 3.02. The first-order chi connectivity index (χ1) is 5.29. The second-order valence-corrected chi connectivity index (χ2v) is 3.65. The molecule has 1 aliphatic carbocycles. The second kappa shape index (κ2) is 2.59. The Balaban J connectivity index is 2.62. The van der Waals surface area contributed by atoms with Crippen LogP contribution in [0.2, 0.25) is 0 Å². The number of hydrogen-bond acceptors (Lipinski definition) is 0. The molecule has 0 unspecified atom stereocenters. The fraction of sp³-hybridized carbons (Fsp3) is 0.333. The maximum absolute atomic E-state index is 12.9. The number of halogens is 2. The summed E-state index contributed by atoms with van der Waals surface area (Å²) in [5, 5.41) is 0. The summed E-state index contributed by atoms with van der Waals surface area (Å²) in [6.45, 7) is 0. The van der Waals surface area contributed by atoms with E-state index in [0.29, 0.717) is 4.47 Å². The molecule has 2 rings (SSSR count). The second-order valence-electron chi connectivity index (χ2n) is 2.85. The standard InChI is InChI=1S/C9H8BrF/c10-9-7-3-1-2-6(7)4-5-8(9)11/h4-5H,1-3H2. The predicted octanol–water partition coefficient (Wildman–Crippen LogP) is 3.08. The highest BCUT2D eigenvalue weighted by Gasteiger charge is 2.15. The Morgan fingerprint density at radius 1 is 1.27 bits per heavy atom. The van der Waals surface area contributed by atoms with Gasteiger partial charge >= 0.3 is 0 Å². The molecule has 0 nitrogen and oxygen atoms in total. The third kappa shape index (κ3) is 1.09. The quantitative estimate of drug-likeness (QED) is 0.623. The number of hydrogen-bond donors (Lipinski definition) is 0. The SMILES string of the molecule is Fc1ccc2c(c1Br)CCC2. The van der Waals surface area contributed by atoms with Crippen LogP contribution in [-0.2, 0) is 12.8 Å². The molecule has 0 spiro atoms. The van der Waals surface area contributed by atoms with Crippen LogP contribution in [0.4, 0.5) is 4.39 Å². The Hall–Kier alpha value is -0.370. The predicted molar refractivity (Wildman–Crippen MR) is 46.1 cm³/mol. The van der Waals surface area contributed by atoms with Gasteiger partial charge in [0.1, 0.15) is 5.82 Å². The van der Waals surface area contributed by atoms with E-state index in [-0.39, 0.29) is 5.82 Å². The van der Waals surface area contributed by atoms with Crippen molar-refractivity contribution in [2.45, 2.75) is 19.3 Å². The number of fused-ring (bicyclic) bond motifs is 1. The summed E-state index contributed by atoms with van der Waals surface area (Å²) in [5.41, 5.74) is 2.48. The highest BCUT2D eigenvalue weighted by Crippen LogP contribution is 2.30. The molecule has 1 aliphatic rings. The van der Waals surface area contributed by atoms with Crippen LogP contribution in [0.15, 0.2) is 16.6 Å². The lowest BCUT2D eigenvalue weighted by molar-refractivity contribution is 0.618. The van der Waals surface area contributed by atoms with Gasteiger partial charge in [-0.3, -0.25) is 0 Å². The fourth-order valence-electron chi connectivity index (χ4n) is 1.59. The molecular formula is C9H8BrF. The lowest BCUT2D eigenvalue weighted by Gasteiger charge is -2.01. The van der Waals surface area contributed by atoms with Crippen LogP contribution in [0.3, 0.4) is 0 Å². The van der Waals surface area contributed by atoms with Crippen molar-refractivity contribution in [1.82, 2.24) is 0 Å². The van der Waals surface area contributed by atoms with Crippen molar-refractivity contribution in [1.29, 1.82) is 0 Å². The Kier molecular flexibility index (Phi) is 1.72. The van der Waals surface area contributed by atoms with Crippen LogP contribution in [0.1, 0.15) is 17.5 Å². The van der Waals surface area contributed by atoms with Gasteiger partial charge in [0.15, 0.2) is 0 Å². The minimum Gasteiger partial charge on any atom is -0.206 e. The number of rotatable bonds is 0. The topological polar surface area (TPSA) is 0 Å². The summed E-state index contributed by atoms with van der Waals surface area (Å²) in [4.78, 5) is 0. The molecule has 0 fully saturated rings. The molecule has 0 bridgehead atoms. The first kappa shape index (κ1) is 7.29. The first-order valence-electron chi connectivity index (χ1n) is 3.75. The van der Waals surface area contributed by atoms with Crippen LogP contribution >= 0.6 is 15.9 Å². The van der Waals surface area contributed by atoms with E-state index in [4.69, 9.17) is 0 Å². The Morgan fingerprint density at radius 3 is 2.91 bits per heavy atom. The highest BCUT2D eigenvalue weighted by molar-refractivity contribution is 9.10. The molecule has 1 aromatic carbocycles. The summed E-state index contributed by atoms with van der Waals surface area (Å²) < 4.78 is 13.6. The summed E-state index contributed by atoms with van der Waals surface area (Å²) >= 11 is 3.26. The normalized spacial score (nSPS) is 15.1. The van der Waals surface area contributed by atoms with E-state index in [1.54, 1.807) is 0 Å². The molecule has 0 saturated heterocycles. The zero-order valence-corrected chi connectivity index (χ0v) is 7.62. The van der Waals surface area contributed by atoms with E-state index in [1.807, 2.05) is 6.07 Å². The zero-order chi connectivity index (χ0) is 7.84. The average molecular weight is 215 g/mol. The van der Waals surface area contributed by atoms with Crippen LogP contribution in [0, 0.1) is 5.82 Å². The lowest BCUT2D eigenvalue weighted by atomic mass is 10.1. The Bertz CT molecular complexity index is 294. The van der Waals surface area contributed by atoms with Crippen LogP contribution in [-0.4, -0.2) is 0 Å². The van der Waals surface area contributed by atoms with Gasteiger partial charge in [0.05, 0.1) is 4.47 Å². The van der Waals surface area contributed by atoms with Crippen molar-refractivity contribution in [3.8, 4) is 0 Å². The van der Waals surface area contributed by atoms with E-state index < -0.39 is 0 Å². The van der Waals surface area contributed by atoms with E-state index in [1.165, 1.54) is 17.2 Å². The van der Waals surface area contributed by atoms with Gasteiger partial charge in [-0.25, -0.2) is 4.39 Å². The van der Waals surface area contributed by atoms with Gasteiger partial charge in [-0.05, 0) is 52.4 Å². The zero-order valence-electron chi connectivity index (χ0n) is 6.03. The molecule has 0 N–H and O–H groups in total. The molecule has 0 atom stereocenters. The molecule has 2 heteroatoms. The number of benzene rings is 1. The molecule has 0 saturated carbocycles. The van der Waals surface area contributed by atoms with Gasteiger partial charge < -0.3 is 0 Å². The summed E-state index contributed by atoms with van der Waals surface area (Å²) in [7, 11) is 0. The molecule has 0 heterocycles. The monoisotopic (exact) mass is 214 g/mol. The van der Waals surface area contributed by atoms with E-state index in [9.17, 15) is 4.39 Å². The highest BCUT2D eigenvalue weighted by atomic mass is 79.9. The van der Waals surface area contributed by atoms with Crippen molar-refractivity contribution >= 4 is 15.9 Å². The van der Waals surface area contributed by atoms with Gasteiger partial charge in [-0.2, -0.15) is 0 Å². The molecule has 0 aliphatic heterocycles. The Labute approximate surface area is 73.6 Å². The Morgan fingerprint density at radius 2 is 2.09 bits per heavy atom. The summed E-state index contributed by atoms with van der Waals surface area (Å²) in [5.74, 6) is -0.134. The maximum Gasteiger partial charge on any atom is 0.137 e. The van der Waals surface area contributed by atoms with E-state index in [2.05, 4.69) is 15.9 Å². The van der Waals surface area contributed by atoms with Gasteiger partial charge in [0.25, 0.3) is 0 Å². The molecule has 58 valence electrons. The molecule has 0 radical (unpaired) electrons. The number of aryl methyl sites for hydroxylation is 1. The van der Waals surface area contributed by atoms with Crippen LogP contribution in [0.25, 0.3) is 0 Å². The minimum atomic E-state index is -0.134. The smallest absolute Gasteiger partial charge is 0.137 e. The van der Waals surface area contributed by atoms with Crippen molar-refractivity contribution < 1.29 is 4.39 Å². The fourth-order valence-corrected chi connectivity index (χ4v) is 2.18. The molecule has 0 aromatic heterocycles. The maximum atomic E-state index is 12.9. The van der Waals surface area contributed by atoms with Gasteiger partial charge in [-0.15, -0.1) is 0 Å². The van der Waals surface area contributed by atoms with E-state index >= 15 is 0 Å². The van der Waals surface area contributed by atoms with E-state index in [0.717, 1.165) is 19.3 Å². The van der Waals surface area contributed by atoms with Crippen molar-refractivity contribution in [2.75, 3.05) is 0 Å². The average Bonchev–Trinajstić information content (AvgIpc) is 2.45. The molecule has 0 amide bonds. The summed E-state index contributed by atoms with van der Waals surface area (Å²) in [6, 6.07) is 3.43. The van der Waals surface area contributed by atoms with Crippen molar-refractivity contribution in [3.63, 3.8) is 0 Å². The molecule has 11 heavy (non-hydrogen) atoms. The van der Waals surface area contributed by atoms with Gasteiger partial charge in [0.2, 0.25) is 0 Å². The largest absolute Gasteiger partial charge is 0.206 e. The molecule has 1 aromatic rings. The van der Waals surface area contributed by atoms with Crippen LogP contribution < -0.4 is 0 Å². The minimum absolute atomic E-state index is 0.134. The van der Waals surface area contributed by atoms with Crippen LogP contribution in [0.5, 0.6) is 0 Å². The van der Waals surface area contributed by atoms with Gasteiger partial charge in [0, 0.05) is 0 Å². The summed E-state index contributed by atoms with van der Waals surface area (Å²) in [6.07, 6.45) is 3.29.